The molecule has 1 fully saturated rings. The van der Waals surface area contributed by atoms with Crippen LogP contribution in [0.15, 0.2) is 40.9 Å². The molecule has 1 saturated carbocycles. The van der Waals surface area contributed by atoms with E-state index in [1.807, 2.05) is 24.4 Å². The summed E-state index contributed by atoms with van der Waals surface area (Å²) in [6.07, 6.45) is 12.0. The third-order valence-corrected chi connectivity index (χ3v) is 5.19. The summed E-state index contributed by atoms with van der Waals surface area (Å²) in [5.74, 6) is 0.104. The standard InChI is InChI=1S/C17H25NO3Si/c1-19-16-13-9-6-8-12-18-15(13)14-10-5-7-11-17(14,20-16)21-22(2,3)4/h6,8-9,12,14H,5,7,10-11H2,1-4H3. The number of aliphatic imine (C=N–C) groups is 1. The molecule has 2 unspecified atom stereocenters. The molecular weight excluding hydrogens is 294 g/mol. The monoisotopic (exact) mass is 319 g/mol. The third kappa shape index (κ3) is 2.79. The summed E-state index contributed by atoms with van der Waals surface area (Å²) in [7, 11) is -0.117. The second-order valence-electron chi connectivity index (χ2n) is 7.05. The summed E-state index contributed by atoms with van der Waals surface area (Å²) >= 11 is 0. The number of hydrogen-bond acceptors (Lipinski definition) is 4. The molecule has 0 radical (unpaired) electrons. The first kappa shape index (κ1) is 15.6. The lowest BCUT2D eigenvalue weighted by atomic mass is 9.76. The van der Waals surface area contributed by atoms with Crippen LogP contribution >= 0.6 is 0 Å². The van der Waals surface area contributed by atoms with Crippen LogP contribution in [0.25, 0.3) is 0 Å². The topological polar surface area (TPSA) is 40.0 Å². The van der Waals surface area contributed by atoms with Gasteiger partial charge < -0.3 is 13.9 Å². The number of ether oxygens (including phenoxy) is 2. The molecule has 3 rings (SSSR count). The molecule has 4 nitrogen and oxygen atoms in total. The second-order valence-corrected chi connectivity index (χ2v) is 11.5. The van der Waals surface area contributed by atoms with Gasteiger partial charge in [0.1, 0.15) is 0 Å². The van der Waals surface area contributed by atoms with Crippen LogP contribution in [-0.2, 0) is 13.9 Å². The highest BCUT2D eigenvalue weighted by molar-refractivity contribution is 6.69. The fourth-order valence-corrected chi connectivity index (χ4v) is 4.86. The van der Waals surface area contributed by atoms with Crippen molar-refractivity contribution in [2.24, 2.45) is 10.9 Å². The van der Waals surface area contributed by atoms with Gasteiger partial charge in [0.2, 0.25) is 5.79 Å². The molecule has 0 aromatic carbocycles. The third-order valence-electron chi connectivity index (χ3n) is 4.23. The second kappa shape index (κ2) is 5.70. The Morgan fingerprint density at radius 1 is 1.27 bits per heavy atom. The average molecular weight is 319 g/mol. The number of rotatable bonds is 3. The number of allylic oxidation sites excluding steroid dienone is 4. The molecule has 0 saturated heterocycles. The Kier molecular flexibility index (Phi) is 4.03. The van der Waals surface area contributed by atoms with Crippen LogP contribution in [0, 0.1) is 5.92 Å². The van der Waals surface area contributed by atoms with E-state index in [-0.39, 0.29) is 5.92 Å². The smallest absolute Gasteiger partial charge is 0.290 e. The largest absolute Gasteiger partial charge is 0.468 e. The zero-order chi connectivity index (χ0) is 15.8. The van der Waals surface area contributed by atoms with Gasteiger partial charge in [-0.15, -0.1) is 0 Å². The van der Waals surface area contributed by atoms with Crippen LogP contribution < -0.4 is 0 Å². The minimum absolute atomic E-state index is 0.175. The zero-order valence-electron chi connectivity index (χ0n) is 13.9. The van der Waals surface area contributed by atoms with Gasteiger partial charge in [0, 0.05) is 12.6 Å². The minimum Gasteiger partial charge on any atom is -0.468 e. The van der Waals surface area contributed by atoms with E-state index in [4.69, 9.17) is 18.9 Å². The molecule has 0 aromatic rings. The predicted octanol–water partition coefficient (Wildman–Crippen LogP) is 4.14. The number of hydrogen-bond donors (Lipinski definition) is 0. The van der Waals surface area contributed by atoms with Crippen molar-refractivity contribution in [3.8, 4) is 0 Å². The van der Waals surface area contributed by atoms with Gasteiger partial charge in [0.15, 0.2) is 8.32 Å². The van der Waals surface area contributed by atoms with Crippen LogP contribution in [0.5, 0.6) is 0 Å². The number of nitrogens with zero attached hydrogens (tertiary/aromatic N) is 1. The summed E-state index contributed by atoms with van der Waals surface area (Å²) in [5, 5.41) is 0. The molecular formula is C17H25NO3Si. The first-order chi connectivity index (χ1) is 10.5. The van der Waals surface area contributed by atoms with Crippen LogP contribution in [-0.4, -0.2) is 26.9 Å². The van der Waals surface area contributed by atoms with E-state index in [1.165, 1.54) is 6.42 Å². The predicted molar refractivity (Wildman–Crippen MR) is 90.0 cm³/mol. The molecule has 0 bridgehead atoms. The maximum Gasteiger partial charge on any atom is 0.290 e. The average Bonchev–Trinajstić information content (AvgIpc) is 2.70. The van der Waals surface area contributed by atoms with Crippen molar-refractivity contribution in [2.45, 2.75) is 51.1 Å². The van der Waals surface area contributed by atoms with E-state index >= 15 is 0 Å². The Labute approximate surface area is 133 Å². The molecule has 2 heterocycles. The summed E-state index contributed by atoms with van der Waals surface area (Å²) in [4.78, 5) is 4.69. The van der Waals surface area contributed by atoms with Gasteiger partial charge in [-0.3, -0.25) is 4.99 Å². The highest BCUT2D eigenvalue weighted by Crippen LogP contribution is 2.47. The number of methoxy groups -OCH3 is 1. The van der Waals surface area contributed by atoms with Crippen LogP contribution in [0.4, 0.5) is 0 Å². The van der Waals surface area contributed by atoms with Gasteiger partial charge in [-0.25, -0.2) is 0 Å². The van der Waals surface area contributed by atoms with Crippen LogP contribution in [0.2, 0.25) is 19.6 Å². The van der Waals surface area contributed by atoms with Crippen molar-refractivity contribution in [3.05, 3.63) is 35.9 Å². The Bertz CT molecular complexity index is 571. The lowest BCUT2D eigenvalue weighted by molar-refractivity contribution is -0.227. The van der Waals surface area contributed by atoms with Crippen molar-refractivity contribution in [2.75, 3.05) is 7.11 Å². The van der Waals surface area contributed by atoms with Gasteiger partial charge in [-0.1, -0.05) is 12.5 Å². The highest BCUT2D eigenvalue weighted by Gasteiger charge is 2.53. The lowest BCUT2D eigenvalue weighted by Crippen LogP contribution is -2.56. The SMILES string of the molecule is COC1=C2C=CC=CN=C2C2CCCCC2(O[Si](C)(C)C)O1. The molecule has 0 aromatic heterocycles. The first-order valence-corrected chi connectivity index (χ1v) is 11.4. The van der Waals surface area contributed by atoms with E-state index in [0.29, 0.717) is 5.95 Å². The Balaban J connectivity index is 2.10. The molecule has 22 heavy (non-hydrogen) atoms. The van der Waals surface area contributed by atoms with Crippen LogP contribution in [0.1, 0.15) is 25.7 Å². The van der Waals surface area contributed by atoms with Crippen molar-refractivity contribution in [1.82, 2.24) is 0 Å². The quantitative estimate of drug-likeness (QED) is 0.734. The Morgan fingerprint density at radius 3 is 2.82 bits per heavy atom. The molecule has 5 heteroatoms. The van der Waals surface area contributed by atoms with Crippen molar-refractivity contribution < 1.29 is 13.9 Å². The van der Waals surface area contributed by atoms with Crippen molar-refractivity contribution in [1.29, 1.82) is 0 Å². The van der Waals surface area contributed by atoms with Gasteiger partial charge >= 0.3 is 0 Å². The van der Waals surface area contributed by atoms with Gasteiger partial charge in [0.05, 0.1) is 24.3 Å². The van der Waals surface area contributed by atoms with E-state index in [9.17, 15) is 0 Å². The summed E-state index contributed by atoms with van der Waals surface area (Å²) in [6, 6.07) is 0. The van der Waals surface area contributed by atoms with E-state index < -0.39 is 14.1 Å². The molecule has 120 valence electrons. The molecule has 1 aliphatic carbocycles. The molecule has 0 amide bonds. The molecule has 2 aliphatic heterocycles. The normalized spacial score (nSPS) is 30.9. The summed E-state index contributed by atoms with van der Waals surface area (Å²) in [6.45, 7) is 6.62. The van der Waals surface area contributed by atoms with Crippen LogP contribution in [0.3, 0.4) is 0 Å². The first-order valence-electron chi connectivity index (χ1n) is 8.04. The fourth-order valence-electron chi connectivity index (χ4n) is 3.54. The maximum absolute atomic E-state index is 6.57. The van der Waals surface area contributed by atoms with Gasteiger partial charge in [-0.05, 0) is 44.6 Å². The van der Waals surface area contributed by atoms with Crippen molar-refractivity contribution in [3.63, 3.8) is 0 Å². The van der Waals surface area contributed by atoms with E-state index in [1.54, 1.807) is 7.11 Å². The van der Waals surface area contributed by atoms with Crippen molar-refractivity contribution >= 4 is 14.0 Å². The molecule has 2 atom stereocenters. The Morgan fingerprint density at radius 2 is 2.09 bits per heavy atom. The minimum atomic E-state index is -1.77. The highest BCUT2D eigenvalue weighted by atomic mass is 28.4. The van der Waals surface area contributed by atoms with Gasteiger partial charge in [-0.2, -0.15) is 0 Å². The summed E-state index contributed by atoms with van der Waals surface area (Å²) < 4.78 is 18.4. The fraction of sp³-hybridized carbons (Fsp3) is 0.588. The number of fused-ring (bicyclic) bond motifs is 3. The molecule has 3 aliphatic rings. The maximum atomic E-state index is 6.57. The Hall–Kier alpha value is -1.33. The van der Waals surface area contributed by atoms with E-state index in [0.717, 1.165) is 30.5 Å². The lowest BCUT2D eigenvalue weighted by Gasteiger charge is -2.49. The summed E-state index contributed by atoms with van der Waals surface area (Å²) in [5.41, 5.74) is 2.00. The zero-order valence-corrected chi connectivity index (χ0v) is 14.9. The van der Waals surface area contributed by atoms with Gasteiger partial charge in [0.25, 0.3) is 5.95 Å². The van der Waals surface area contributed by atoms with E-state index in [2.05, 4.69) is 19.6 Å². The molecule has 0 spiro atoms. The molecule has 0 N–H and O–H groups in total.